The molecule has 0 aliphatic heterocycles. The van der Waals surface area contributed by atoms with E-state index >= 15 is 0 Å². The Kier molecular flexibility index (Phi) is 3.46. The van der Waals surface area contributed by atoms with Crippen LogP contribution in [-0.2, 0) is 10.5 Å². The van der Waals surface area contributed by atoms with Gasteiger partial charge < -0.3 is 4.74 Å². The molecule has 0 aliphatic carbocycles. The summed E-state index contributed by atoms with van der Waals surface area (Å²) >= 11 is 0. The van der Waals surface area contributed by atoms with E-state index in [4.69, 9.17) is 10.5 Å². The summed E-state index contributed by atoms with van der Waals surface area (Å²) in [6.07, 6.45) is 1.85. The Morgan fingerprint density at radius 2 is 1.92 bits per heavy atom. The molecule has 0 aliphatic rings. The molecule has 72 valence electrons. The van der Waals surface area contributed by atoms with Gasteiger partial charge in [0.05, 0.1) is 0 Å². The van der Waals surface area contributed by atoms with Gasteiger partial charge in [0.15, 0.2) is 0 Å². The number of nitrogens with two attached hydrogens (primary N) is 1. The lowest BCUT2D eigenvalue weighted by atomic mass is 9.99. The van der Waals surface area contributed by atoms with E-state index in [1.54, 1.807) is 7.11 Å². The average Bonchev–Trinajstić information content (AvgIpc) is 2.19. The highest BCUT2D eigenvalue weighted by Crippen LogP contribution is 2.23. The summed E-state index contributed by atoms with van der Waals surface area (Å²) in [6.45, 7) is 2.10. The molecule has 0 bridgehead atoms. The fourth-order valence-corrected chi connectivity index (χ4v) is 1.46. The molecule has 1 aromatic carbocycles. The first-order valence-electron chi connectivity index (χ1n) is 4.62. The van der Waals surface area contributed by atoms with Crippen molar-refractivity contribution in [1.82, 2.24) is 0 Å². The lowest BCUT2D eigenvalue weighted by molar-refractivity contribution is -0.0175. The highest BCUT2D eigenvalue weighted by atomic mass is 16.5. The van der Waals surface area contributed by atoms with Crippen molar-refractivity contribution in [3.8, 4) is 0 Å². The molecule has 2 N–H and O–H groups in total. The SMILES string of the molecule is CCCC(N)(OC)c1ccccc1. The molecule has 0 aromatic heterocycles. The molecule has 0 spiro atoms. The minimum atomic E-state index is -0.615. The fourth-order valence-electron chi connectivity index (χ4n) is 1.46. The second-order valence-electron chi connectivity index (χ2n) is 3.21. The normalized spacial score (nSPS) is 15.3. The molecule has 1 atom stereocenters. The van der Waals surface area contributed by atoms with Crippen LogP contribution in [0.25, 0.3) is 0 Å². The Morgan fingerprint density at radius 3 is 2.38 bits per heavy atom. The van der Waals surface area contributed by atoms with E-state index in [2.05, 4.69) is 6.92 Å². The molecule has 0 heterocycles. The van der Waals surface area contributed by atoms with E-state index in [1.165, 1.54) is 0 Å². The highest BCUT2D eigenvalue weighted by Gasteiger charge is 2.24. The average molecular weight is 179 g/mol. The zero-order valence-electron chi connectivity index (χ0n) is 8.29. The number of hydrogen-bond acceptors (Lipinski definition) is 2. The van der Waals surface area contributed by atoms with Gasteiger partial charge in [0, 0.05) is 7.11 Å². The lowest BCUT2D eigenvalue weighted by Crippen LogP contribution is -2.38. The summed E-state index contributed by atoms with van der Waals surface area (Å²) in [6, 6.07) is 9.93. The Labute approximate surface area is 79.7 Å². The Bertz CT molecular complexity index is 248. The quantitative estimate of drug-likeness (QED) is 0.719. The van der Waals surface area contributed by atoms with Gasteiger partial charge in [-0.25, -0.2) is 0 Å². The van der Waals surface area contributed by atoms with Crippen molar-refractivity contribution in [3.63, 3.8) is 0 Å². The topological polar surface area (TPSA) is 35.2 Å². The van der Waals surface area contributed by atoms with Crippen molar-refractivity contribution < 1.29 is 4.74 Å². The maximum atomic E-state index is 6.11. The first kappa shape index (κ1) is 10.2. The van der Waals surface area contributed by atoms with Crippen LogP contribution in [0.5, 0.6) is 0 Å². The van der Waals surface area contributed by atoms with Crippen molar-refractivity contribution in [3.05, 3.63) is 35.9 Å². The minimum absolute atomic E-state index is 0.615. The van der Waals surface area contributed by atoms with Gasteiger partial charge in [0.1, 0.15) is 5.72 Å². The van der Waals surface area contributed by atoms with Gasteiger partial charge in [-0.05, 0) is 12.0 Å². The van der Waals surface area contributed by atoms with Crippen LogP contribution in [0.1, 0.15) is 25.3 Å². The Morgan fingerprint density at radius 1 is 1.31 bits per heavy atom. The molecule has 1 aromatic rings. The van der Waals surface area contributed by atoms with Crippen LogP contribution in [-0.4, -0.2) is 7.11 Å². The molecule has 1 rings (SSSR count). The van der Waals surface area contributed by atoms with Crippen LogP contribution in [0.2, 0.25) is 0 Å². The summed E-state index contributed by atoms with van der Waals surface area (Å²) in [4.78, 5) is 0. The summed E-state index contributed by atoms with van der Waals surface area (Å²) < 4.78 is 5.34. The van der Waals surface area contributed by atoms with Crippen LogP contribution >= 0.6 is 0 Å². The van der Waals surface area contributed by atoms with Gasteiger partial charge in [-0.2, -0.15) is 0 Å². The summed E-state index contributed by atoms with van der Waals surface area (Å²) in [7, 11) is 1.66. The Balaban J connectivity index is 2.89. The van der Waals surface area contributed by atoms with Crippen LogP contribution in [0.4, 0.5) is 0 Å². The van der Waals surface area contributed by atoms with Crippen molar-refractivity contribution in [1.29, 1.82) is 0 Å². The molecule has 2 nitrogen and oxygen atoms in total. The molecule has 0 amide bonds. The summed E-state index contributed by atoms with van der Waals surface area (Å²) in [5, 5.41) is 0. The van der Waals surface area contributed by atoms with E-state index < -0.39 is 5.72 Å². The molecule has 13 heavy (non-hydrogen) atoms. The first-order chi connectivity index (χ1) is 6.23. The molecule has 1 unspecified atom stereocenters. The lowest BCUT2D eigenvalue weighted by Gasteiger charge is -2.27. The largest absolute Gasteiger partial charge is 0.360 e. The number of ether oxygens (including phenoxy) is 1. The maximum absolute atomic E-state index is 6.11. The zero-order chi connectivity index (χ0) is 9.73. The second-order valence-corrected chi connectivity index (χ2v) is 3.21. The van der Waals surface area contributed by atoms with E-state index in [0.29, 0.717) is 0 Å². The molecular formula is C11H17NO. The van der Waals surface area contributed by atoms with E-state index in [9.17, 15) is 0 Å². The van der Waals surface area contributed by atoms with Gasteiger partial charge in [-0.3, -0.25) is 5.73 Å². The zero-order valence-corrected chi connectivity index (χ0v) is 8.29. The predicted octanol–water partition coefficient (Wildman–Crippen LogP) is 2.24. The summed E-state index contributed by atoms with van der Waals surface area (Å²) in [5.41, 5.74) is 6.53. The first-order valence-corrected chi connectivity index (χ1v) is 4.62. The molecule has 0 saturated heterocycles. The van der Waals surface area contributed by atoms with Crippen LogP contribution in [0.3, 0.4) is 0 Å². The van der Waals surface area contributed by atoms with Crippen LogP contribution in [0.15, 0.2) is 30.3 Å². The van der Waals surface area contributed by atoms with Gasteiger partial charge in [-0.1, -0.05) is 43.7 Å². The number of hydrogen-bond donors (Lipinski definition) is 1. The van der Waals surface area contributed by atoms with Crippen molar-refractivity contribution >= 4 is 0 Å². The molecule has 2 heteroatoms. The minimum Gasteiger partial charge on any atom is -0.360 e. The van der Waals surface area contributed by atoms with Crippen molar-refractivity contribution in [2.45, 2.75) is 25.5 Å². The third-order valence-electron chi connectivity index (χ3n) is 2.25. The predicted molar refractivity (Wildman–Crippen MR) is 54.2 cm³/mol. The number of benzene rings is 1. The van der Waals surface area contributed by atoms with Gasteiger partial charge in [0.2, 0.25) is 0 Å². The number of rotatable bonds is 4. The van der Waals surface area contributed by atoms with Crippen molar-refractivity contribution in [2.24, 2.45) is 5.73 Å². The third kappa shape index (κ3) is 2.29. The van der Waals surface area contributed by atoms with E-state index in [0.717, 1.165) is 18.4 Å². The molecule has 0 radical (unpaired) electrons. The van der Waals surface area contributed by atoms with Gasteiger partial charge in [-0.15, -0.1) is 0 Å². The van der Waals surface area contributed by atoms with Gasteiger partial charge in [0.25, 0.3) is 0 Å². The summed E-state index contributed by atoms with van der Waals surface area (Å²) in [5.74, 6) is 0. The molecular weight excluding hydrogens is 162 g/mol. The molecule has 0 saturated carbocycles. The number of methoxy groups -OCH3 is 1. The maximum Gasteiger partial charge on any atom is 0.142 e. The third-order valence-corrected chi connectivity index (χ3v) is 2.25. The van der Waals surface area contributed by atoms with E-state index in [1.807, 2.05) is 30.3 Å². The van der Waals surface area contributed by atoms with Gasteiger partial charge >= 0.3 is 0 Å². The van der Waals surface area contributed by atoms with Crippen molar-refractivity contribution in [2.75, 3.05) is 7.11 Å². The standard InChI is InChI=1S/C11H17NO/c1-3-9-11(12,13-2)10-7-5-4-6-8-10/h4-8H,3,9,12H2,1-2H3. The highest BCUT2D eigenvalue weighted by molar-refractivity contribution is 5.21. The van der Waals surface area contributed by atoms with Crippen LogP contribution in [0, 0.1) is 0 Å². The molecule has 0 fully saturated rings. The smallest absolute Gasteiger partial charge is 0.142 e. The monoisotopic (exact) mass is 179 g/mol. The second kappa shape index (κ2) is 4.40. The Hall–Kier alpha value is -0.860. The fraction of sp³-hybridized carbons (Fsp3) is 0.455. The van der Waals surface area contributed by atoms with E-state index in [-0.39, 0.29) is 0 Å². The van der Waals surface area contributed by atoms with Crippen LogP contribution < -0.4 is 5.73 Å².